The Labute approximate surface area is 163 Å². The van der Waals surface area contributed by atoms with E-state index in [1.54, 1.807) is 6.07 Å². The van der Waals surface area contributed by atoms with Gasteiger partial charge in [0.2, 0.25) is 0 Å². The van der Waals surface area contributed by atoms with Gasteiger partial charge >= 0.3 is 6.03 Å². The molecule has 0 unspecified atom stereocenters. The third kappa shape index (κ3) is 4.01. The van der Waals surface area contributed by atoms with Gasteiger partial charge in [0.05, 0.1) is 0 Å². The maximum Gasteiger partial charge on any atom is 0.322 e. The number of carbonyl (C=O) groups is 2. The van der Waals surface area contributed by atoms with Crippen molar-refractivity contribution < 1.29 is 14.0 Å². The van der Waals surface area contributed by atoms with Crippen molar-refractivity contribution in [1.29, 1.82) is 0 Å². The highest BCUT2D eigenvalue weighted by Crippen LogP contribution is 2.34. The van der Waals surface area contributed by atoms with Crippen LogP contribution in [-0.2, 0) is 0 Å². The van der Waals surface area contributed by atoms with Crippen LogP contribution in [0, 0.1) is 5.82 Å². The Hall–Kier alpha value is -2.89. The van der Waals surface area contributed by atoms with E-state index in [9.17, 15) is 14.0 Å². The number of anilines is 1. The van der Waals surface area contributed by atoms with Gasteiger partial charge in [0.25, 0.3) is 5.91 Å². The van der Waals surface area contributed by atoms with Crippen molar-refractivity contribution in [2.75, 3.05) is 5.32 Å². The number of urea groups is 1. The molecular formula is C22H24FN3O2. The summed E-state index contributed by atoms with van der Waals surface area (Å²) in [7, 11) is 0. The molecule has 2 saturated heterocycles. The van der Waals surface area contributed by atoms with Crippen LogP contribution in [0.3, 0.4) is 0 Å². The topological polar surface area (TPSA) is 61.4 Å². The largest absolute Gasteiger partial charge is 0.349 e. The highest BCUT2D eigenvalue weighted by Gasteiger charge is 2.41. The van der Waals surface area contributed by atoms with Gasteiger partial charge < -0.3 is 15.5 Å². The highest BCUT2D eigenvalue weighted by molar-refractivity contribution is 5.94. The maximum absolute atomic E-state index is 13.4. The molecule has 2 aliphatic rings. The number of halogens is 1. The van der Waals surface area contributed by atoms with Crippen molar-refractivity contribution in [2.24, 2.45) is 0 Å². The molecule has 2 aromatic carbocycles. The average molecular weight is 381 g/mol. The lowest BCUT2D eigenvalue weighted by molar-refractivity contribution is 0.0577. The lowest BCUT2D eigenvalue weighted by Gasteiger charge is -2.48. The maximum atomic E-state index is 13.4. The Morgan fingerprint density at radius 1 is 0.964 bits per heavy atom. The molecule has 2 aliphatic heterocycles. The number of benzene rings is 2. The number of hydrogen-bond donors (Lipinski definition) is 2. The summed E-state index contributed by atoms with van der Waals surface area (Å²) in [6.45, 7) is 0. The normalized spacial score (nSPS) is 23.8. The van der Waals surface area contributed by atoms with Crippen LogP contribution in [0.1, 0.15) is 42.5 Å². The molecule has 6 heteroatoms. The lowest BCUT2D eigenvalue weighted by Crippen LogP contribution is -2.59. The molecule has 2 fully saturated rings. The Morgan fingerprint density at radius 3 is 2.36 bits per heavy atom. The standard InChI is InChI=1S/C22H24FN3O2/c23-16-7-4-6-15(12-16)21(27)24-18-13-19-10-5-11-20(14-18)26(19)22(28)25-17-8-2-1-3-9-17/h1-4,6-9,12,18-20H,5,10-11,13-14H2,(H,24,27)(H,25,28)/t19-,20-/m0/s1. The van der Waals surface area contributed by atoms with Gasteiger partial charge in [0.1, 0.15) is 5.82 Å². The van der Waals surface area contributed by atoms with Crippen LogP contribution in [0.2, 0.25) is 0 Å². The van der Waals surface area contributed by atoms with E-state index < -0.39 is 5.82 Å². The van der Waals surface area contributed by atoms with Gasteiger partial charge in [0.15, 0.2) is 0 Å². The van der Waals surface area contributed by atoms with Crippen molar-refractivity contribution in [2.45, 2.75) is 50.2 Å². The minimum absolute atomic E-state index is 0.00755. The van der Waals surface area contributed by atoms with Crippen molar-refractivity contribution in [3.05, 3.63) is 66.0 Å². The number of hydrogen-bond acceptors (Lipinski definition) is 2. The first-order valence-electron chi connectivity index (χ1n) is 9.81. The quantitative estimate of drug-likeness (QED) is 0.838. The molecule has 28 heavy (non-hydrogen) atoms. The van der Waals surface area contributed by atoms with Crippen LogP contribution >= 0.6 is 0 Å². The molecule has 0 aromatic heterocycles. The van der Waals surface area contributed by atoms with Crippen LogP contribution in [0.25, 0.3) is 0 Å². The van der Waals surface area contributed by atoms with Gasteiger partial charge in [-0.15, -0.1) is 0 Å². The first kappa shape index (κ1) is 18.5. The number of amides is 3. The number of fused-ring (bicyclic) bond motifs is 2. The van der Waals surface area contributed by atoms with Crippen LogP contribution in [-0.4, -0.2) is 35.0 Å². The third-order valence-corrected chi connectivity index (χ3v) is 5.66. The predicted molar refractivity (Wildman–Crippen MR) is 106 cm³/mol. The third-order valence-electron chi connectivity index (χ3n) is 5.66. The van der Waals surface area contributed by atoms with Crippen LogP contribution < -0.4 is 10.6 Å². The first-order chi connectivity index (χ1) is 13.6. The van der Waals surface area contributed by atoms with E-state index in [4.69, 9.17) is 0 Å². The van der Waals surface area contributed by atoms with Gasteiger partial charge in [0, 0.05) is 29.4 Å². The molecule has 2 atom stereocenters. The highest BCUT2D eigenvalue weighted by atomic mass is 19.1. The van der Waals surface area contributed by atoms with Gasteiger partial charge in [-0.3, -0.25) is 4.79 Å². The van der Waals surface area contributed by atoms with Gasteiger partial charge in [-0.25, -0.2) is 9.18 Å². The fraction of sp³-hybridized carbons (Fsp3) is 0.364. The zero-order valence-electron chi connectivity index (χ0n) is 15.6. The van der Waals surface area contributed by atoms with Crippen molar-refractivity contribution >= 4 is 17.6 Å². The number of nitrogens with zero attached hydrogens (tertiary/aromatic N) is 1. The van der Waals surface area contributed by atoms with Gasteiger partial charge in [-0.2, -0.15) is 0 Å². The average Bonchev–Trinajstić information content (AvgIpc) is 2.68. The lowest BCUT2D eigenvalue weighted by atomic mass is 9.82. The number of nitrogens with one attached hydrogen (secondary N) is 2. The van der Waals surface area contributed by atoms with Gasteiger partial charge in [-0.1, -0.05) is 24.3 Å². The summed E-state index contributed by atoms with van der Waals surface area (Å²) in [5.41, 5.74) is 1.11. The van der Waals surface area contributed by atoms with Gasteiger partial charge in [-0.05, 0) is 62.4 Å². The predicted octanol–water partition coefficient (Wildman–Crippen LogP) is 4.17. The second-order valence-electron chi connectivity index (χ2n) is 7.59. The first-order valence-corrected chi connectivity index (χ1v) is 9.81. The molecule has 2 N–H and O–H groups in total. The number of para-hydroxylation sites is 1. The summed E-state index contributed by atoms with van der Waals surface area (Å²) in [5.74, 6) is -0.679. The fourth-order valence-electron chi connectivity index (χ4n) is 4.44. The number of piperidine rings is 2. The minimum Gasteiger partial charge on any atom is -0.349 e. The molecule has 146 valence electrons. The molecule has 5 nitrogen and oxygen atoms in total. The summed E-state index contributed by atoms with van der Waals surface area (Å²) < 4.78 is 13.4. The van der Waals surface area contributed by atoms with Crippen LogP contribution in [0.15, 0.2) is 54.6 Å². The molecule has 0 spiro atoms. The molecule has 2 bridgehead atoms. The monoisotopic (exact) mass is 381 g/mol. The van der Waals surface area contributed by atoms with E-state index in [1.165, 1.54) is 18.2 Å². The van der Waals surface area contributed by atoms with Crippen LogP contribution in [0.4, 0.5) is 14.9 Å². The zero-order chi connectivity index (χ0) is 19.5. The van der Waals surface area contributed by atoms with E-state index in [0.29, 0.717) is 5.56 Å². The summed E-state index contributed by atoms with van der Waals surface area (Å²) in [6.07, 6.45) is 4.41. The summed E-state index contributed by atoms with van der Waals surface area (Å²) >= 11 is 0. The van der Waals surface area contributed by atoms with E-state index >= 15 is 0 Å². The molecular weight excluding hydrogens is 357 g/mol. The van der Waals surface area contributed by atoms with E-state index in [-0.39, 0.29) is 30.1 Å². The second kappa shape index (κ2) is 8.00. The Kier molecular flexibility index (Phi) is 5.28. The van der Waals surface area contributed by atoms with Crippen LogP contribution in [0.5, 0.6) is 0 Å². The summed E-state index contributed by atoms with van der Waals surface area (Å²) in [5, 5.41) is 6.02. The Balaban J connectivity index is 1.42. The Bertz CT molecular complexity index is 844. The summed E-state index contributed by atoms with van der Waals surface area (Å²) in [6, 6.07) is 15.3. The SMILES string of the molecule is O=C(NC1C[C@@H]2CCC[C@@H](C1)N2C(=O)Nc1ccccc1)c1cccc(F)c1. The minimum atomic E-state index is -0.420. The Morgan fingerprint density at radius 2 is 1.68 bits per heavy atom. The molecule has 2 aromatic rings. The molecule has 0 aliphatic carbocycles. The fourth-order valence-corrected chi connectivity index (χ4v) is 4.44. The van der Waals surface area contributed by atoms with Crippen molar-refractivity contribution in [3.8, 4) is 0 Å². The van der Waals surface area contributed by atoms with Crippen molar-refractivity contribution in [1.82, 2.24) is 10.2 Å². The zero-order valence-corrected chi connectivity index (χ0v) is 15.6. The number of carbonyl (C=O) groups excluding carboxylic acids is 2. The van der Waals surface area contributed by atoms with E-state index in [2.05, 4.69) is 10.6 Å². The summed E-state index contributed by atoms with van der Waals surface area (Å²) in [4.78, 5) is 27.3. The number of rotatable bonds is 3. The molecule has 2 heterocycles. The smallest absolute Gasteiger partial charge is 0.322 e. The van der Waals surface area contributed by atoms with Crippen molar-refractivity contribution in [3.63, 3.8) is 0 Å². The second-order valence-corrected chi connectivity index (χ2v) is 7.59. The van der Waals surface area contributed by atoms with E-state index in [0.717, 1.165) is 37.8 Å². The van der Waals surface area contributed by atoms with E-state index in [1.807, 2.05) is 35.2 Å². The molecule has 3 amide bonds. The molecule has 0 radical (unpaired) electrons. The molecule has 4 rings (SSSR count). The molecule has 0 saturated carbocycles.